The van der Waals surface area contributed by atoms with E-state index in [-0.39, 0.29) is 0 Å². The summed E-state index contributed by atoms with van der Waals surface area (Å²) in [6.07, 6.45) is 5.66. The Morgan fingerprint density at radius 3 is 2.88 bits per heavy atom. The molecular weight excluding hydrogens is 198 g/mol. The van der Waals surface area contributed by atoms with Gasteiger partial charge < -0.3 is 10.2 Å². The summed E-state index contributed by atoms with van der Waals surface area (Å²) in [6, 6.07) is 0.886. The second-order valence-corrected chi connectivity index (χ2v) is 5.80. The van der Waals surface area contributed by atoms with Crippen LogP contribution in [0.1, 0.15) is 25.7 Å². The molecule has 0 bridgehead atoms. The maximum absolute atomic E-state index is 3.49. The summed E-state index contributed by atoms with van der Waals surface area (Å²) in [7, 11) is 0. The molecule has 0 aliphatic carbocycles. The number of nitrogens with zero attached hydrogens (tertiary/aromatic N) is 2. The average molecular weight is 223 g/mol. The minimum Gasteiger partial charge on any atom is -0.316 e. The predicted molar refractivity (Wildman–Crippen MR) is 66.6 cm³/mol. The van der Waals surface area contributed by atoms with Crippen molar-refractivity contribution in [1.29, 1.82) is 0 Å². The van der Waals surface area contributed by atoms with Gasteiger partial charge in [0.1, 0.15) is 0 Å². The van der Waals surface area contributed by atoms with E-state index < -0.39 is 0 Å². The molecule has 0 aromatic carbocycles. The fourth-order valence-corrected chi connectivity index (χ4v) is 3.68. The average Bonchev–Trinajstić information content (AvgIpc) is 2.88. The standard InChI is InChI=1S/C13H25N3/c1-3-13-11-15(6-2-8-16(13)7-1)10-12-4-5-14-9-12/h12-14H,1-11H2. The van der Waals surface area contributed by atoms with Crippen molar-refractivity contribution in [3.63, 3.8) is 0 Å². The summed E-state index contributed by atoms with van der Waals surface area (Å²) in [4.78, 5) is 5.47. The van der Waals surface area contributed by atoms with Crippen LogP contribution < -0.4 is 5.32 Å². The lowest BCUT2D eigenvalue weighted by molar-refractivity contribution is 0.202. The van der Waals surface area contributed by atoms with Gasteiger partial charge in [-0.25, -0.2) is 0 Å². The van der Waals surface area contributed by atoms with E-state index in [2.05, 4.69) is 15.1 Å². The van der Waals surface area contributed by atoms with E-state index in [1.54, 1.807) is 0 Å². The van der Waals surface area contributed by atoms with Gasteiger partial charge in [0.05, 0.1) is 0 Å². The van der Waals surface area contributed by atoms with Crippen LogP contribution in [0.5, 0.6) is 0 Å². The van der Waals surface area contributed by atoms with Crippen LogP contribution in [0.3, 0.4) is 0 Å². The molecule has 16 heavy (non-hydrogen) atoms. The fourth-order valence-electron chi connectivity index (χ4n) is 3.68. The van der Waals surface area contributed by atoms with Gasteiger partial charge in [0.2, 0.25) is 0 Å². The van der Waals surface area contributed by atoms with Crippen molar-refractivity contribution in [2.45, 2.75) is 31.7 Å². The molecule has 0 radical (unpaired) electrons. The number of hydrogen-bond acceptors (Lipinski definition) is 3. The molecule has 0 spiro atoms. The van der Waals surface area contributed by atoms with Crippen molar-refractivity contribution in [3.05, 3.63) is 0 Å². The minimum absolute atomic E-state index is 0.886. The molecule has 0 amide bonds. The molecule has 2 atom stereocenters. The summed E-state index contributed by atoms with van der Waals surface area (Å²) in [6.45, 7) is 9.24. The molecule has 1 N–H and O–H groups in total. The monoisotopic (exact) mass is 223 g/mol. The van der Waals surface area contributed by atoms with Gasteiger partial charge in [0, 0.05) is 19.1 Å². The second-order valence-electron chi connectivity index (χ2n) is 5.80. The summed E-state index contributed by atoms with van der Waals surface area (Å²) in [5.74, 6) is 0.924. The maximum atomic E-state index is 3.49. The lowest BCUT2D eigenvalue weighted by Crippen LogP contribution is -2.39. The zero-order valence-electron chi connectivity index (χ0n) is 10.3. The van der Waals surface area contributed by atoms with Crippen molar-refractivity contribution in [2.24, 2.45) is 5.92 Å². The lowest BCUT2D eigenvalue weighted by Gasteiger charge is -2.27. The fraction of sp³-hybridized carbons (Fsp3) is 1.00. The molecule has 3 aliphatic heterocycles. The molecule has 92 valence electrons. The van der Waals surface area contributed by atoms with E-state index in [1.807, 2.05) is 0 Å². The van der Waals surface area contributed by atoms with Gasteiger partial charge in [-0.1, -0.05) is 0 Å². The Hall–Kier alpha value is -0.120. The highest BCUT2D eigenvalue weighted by Gasteiger charge is 2.29. The second kappa shape index (κ2) is 5.03. The molecule has 0 saturated carbocycles. The smallest absolute Gasteiger partial charge is 0.0223 e. The third-order valence-corrected chi connectivity index (χ3v) is 4.57. The van der Waals surface area contributed by atoms with Crippen LogP contribution in [-0.4, -0.2) is 61.7 Å². The lowest BCUT2D eigenvalue weighted by atomic mass is 10.1. The molecule has 0 aromatic rings. The zero-order chi connectivity index (χ0) is 10.8. The van der Waals surface area contributed by atoms with E-state index in [0.717, 1.165) is 12.0 Å². The molecule has 3 heteroatoms. The third-order valence-electron chi connectivity index (χ3n) is 4.57. The van der Waals surface area contributed by atoms with E-state index in [1.165, 1.54) is 71.5 Å². The van der Waals surface area contributed by atoms with Crippen LogP contribution in [0.15, 0.2) is 0 Å². The Bertz CT molecular complexity index is 225. The zero-order valence-corrected chi connectivity index (χ0v) is 10.3. The summed E-state index contributed by atoms with van der Waals surface area (Å²) in [5, 5.41) is 3.49. The van der Waals surface area contributed by atoms with Crippen molar-refractivity contribution in [2.75, 3.05) is 45.8 Å². The van der Waals surface area contributed by atoms with Gasteiger partial charge >= 0.3 is 0 Å². The van der Waals surface area contributed by atoms with Crippen LogP contribution in [0.2, 0.25) is 0 Å². The molecule has 2 unspecified atom stereocenters. The van der Waals surface area contributed by atoms with Crippen molar-refractivity contribution < 1.29 is 0 Å². The molecular formula is C13H25N3. The van der Waals surface area contributed by atoms with Gasteiger partial charge in [-0.05, 0) is 64.3 Å². The van der Waals surface area contributed by atoms with Gasteiger partial charge in [0.25, 0.3) is 0 Å². The first-order valence-corrected chi connectivity index (χ1v) is 7.09. The van der Waals surface area contributed by atoms with Gasteiger partial charge in [-0.15, -0.1) is 0 Å². The molecule has 0 aromatic heterocycles. The summed E-state index contributed by atoms with van der Waals surface area (Å²) >= 11 is 0. The van der Waals surface area contributed by atoms with Crippen molar-refractivity contribution >= 4 is 0 Å². The van der Waals surface area contributed by atoms with Gasteiger partial charge in [0.15, 0.2) is 0 Å². The van der Waals surface area contributed by atoms with Crippen LogP contribution in [0.25, 0.3) is 0 Å². The Labute approximate surface area is 99.2 Å². The highest BCUT2D eigenvalue weighted by atomic mass is 15.3. The van der Waals surface area contributed by atoms with Gasteiger partial charge in [-0.3, -0.25) is 4.90 Å². The first kappa shape index (κ1) is 11.0. The number of hydrogen-bond donors (Lipinski definition) is 1. The van der Waals surface area contributed by atoms with Crippen molar-refractivity contribution in [1.82, 2.24) is 15.1 Å². The molecule has 3 nitrogen and oxygen atoms in total. The van der Waals surface area contributed by atoms with E-state index in [4.69, 9.17) is 0 Å². The van der Waals surface area contributed by atoms with Gasteiger partial charge in [-0.2, -0.15) is 0 Å². The number of fused-ring (bicyclic) bond motifs is 1. The van der Waals surface area contributed by atoms with Crippen LogP contribution in [0, 0.1) is 5.92 Å². The Balaban J connectivity index is 1.54. The third kappa shape index (κ3) is 2.41. The molecule has 3 saturated heterocycles. The first-order chi connectivity index (χ1) is 7.92. The van der Waals surface area contributed by atoms with Crippen LogP contribution in [0.4, 0.5) is 0 Å². The summed E-state index contributed by atoms with van der Waals surface area (Å²) in [5.41, 5.74) is 0. The number of nitrogens with one attached hydrogen (secondary N) is 1. The molecule has 3 rings (SSSR count). The highest BCUT2D eigenvalue weighted by Crippen LogP contribution is 2.22. The topological polar surface area (TPSA) is 18.5 Å². The minimum atomic E-state index is 0.886. The molecule has 3 aliphatic rings. The van der Waals surface area contributed by atoms with E-state index in [9.17, 15) is 0 Å². The molecule has 3 fully saturated rings. The van der Waals surface area contributed by atoms with Crippen molar-refractivity contribution in [3.8, 4) is 0 Å². The van der Waals surface area contributed by atoms with E-state index >= 15 is 0 Å². The maximum Gasteiger partial charge on any atom is 0.0223 e. The first-order valence-electron chi connectivity index (χ1n) is 7.09. The van der Waals surface area contributed by atoms with Crippen LogP contribution >= 0.6 is 0 Å². The SMILES string of the molecule is C1CC2CN(CC3CCNC3)CCCN2C1. The predicted octanol–water partition coefficient (Wildman–Crippen LogP) is 0.766. The molecule has 3 heterocycles. The Morgan fingerprint density at radius 1 is 1.06 bits per heavy atom. The highest BCUT2D eigenvalue weighted by molar-refractivity contribution is 4.86. The van der Waals surface area contributed by atoms with Crippen LogP contribution in [-0.2, 0) is 0 Å². The Morgan fingerprint density at radius 2 is 2.00 bits per heavy atom. The normalized spacial score (nSPS) is 37.5. The quantitative estimate of drug-likeness (QED) is 0.746. The Kier molecular flexibility index (Phi) is 3.46. The number of rotatable bonds is 2. The van der Waals surface area contributed by atoms with E-state index in [0.29, 0.717) is 0 Å². The summed E-state index contributed by atoms with van der Waals surface area (Å²) < 4.78 is 0. The largest absolute Gasteiger partial charge is 0.316 e.